The van der Waals surface area contributed by atoms with E-state index in [1.165, 1.54) is 0 Å². The van der Waals surface area contributed by atoms with Gasteiger partial charge in [-0.05, 0) is 25.1 Å². The van der Waals surface area contributed by atoms with E-state index in [0.717, 1.165) is 18.2 Å². The van der Waals surface area contributed by atoms with Crippen molar-refractivity contribution in [2.45, 2.75) is 13.0 Å². The van der Waals surface area contributed by atoms with Gasteiger partial charge in [0.25, 0.3) is 5.91 Å². The third-order valence-corrected chi connectivity index (χ3v) is 2.92. The van der Waals surface area contributed by atoms with Crippen LogP contribution in [0.4, 0.5) is 8.78 Å². The van der Waals surface area contributed by atoms with Gasteiger partial charge >= 0.3 is 0 Å². The Morgan fingerprint density at radius 3 is 2.94 bits per heavy atom. The van der Waals surface area contributed by atoms with Gasteiger partial charge in [0, 0.05) is 25.7 Å². The van der Waals surface area contributed by atoms with E-state index in [2.05, 4.69) is 5.32 Å². The van der Waals surface area contributed by atoms with Gasteiger partial charge in [-0.2, -0.15) is 0 Å². The molecule has 0 aliphatic carbocycles. The number of halogens is 2. The zero-order valence-electron chi connectivity index (χ0n) is 9.54. The summed E-state index contributed by atoms with van der Waals surface area (Å²) in [4.78, 5) is 13.6. The fourth-order valence-corrected chi connectivity index (χ4v) is 1.96. The molecule has 1 aliphatic rings. The number of carbonyl (C=O) groups is 1. The minimum atomic E-state index is -0.679. The average Bonchev–Trinajstić information content (AvgIpc) is 2.32. The molecule has 3 nitrogen and oxygen atoms in total. The van der Waals surface area contributed by atoms with E-state index < -0.39 is 17.5 Å². The smallest absolute Gasteiger partial charge is 0.257 e. The van der Waals surface area contributed by atoms with Gasteiger partial charge in [0.05, 0.1) is 5.56 Å². The molecule has 0 saturated carbocycles. The lowest BCUT2D eigenvalue weighted by atomic mass is 10.1. The van der Waals surface area contributed by atoms with Crippen molar-refractivity contribution in [2.24, 2.45) is 0 Å². The molecule has 17 heavy (non-hydrogen) atoms. The van der Waals surface area contributed by atoms with Crippen molar-refractivity contribution in [1.29, 1.82) is 0 Å². The molecule has 1 saturated heterocycles. The second-order valence-corrected chi connectivity index (χ2v) is 4.18. The summed E-state index contributed by atoms with van der Waals surface area (Å²) in [6.45, 7) is 3.73. The van der Waals surface area contributed by atoms with Crippen LogP contribution >= 0.6 is 0 Å². The Bertz CT molecular complexity index is 437. The summed E-state index contributed by atoms with van der Waals surface area (Å²) in [7, 11) is 0. The van der Waals surface area contributed by atoms with Crippen molar-refractivity contribution in [2.75, 3.05) is 19.6 Å². The van der Waals surface area contributed by atoms with Crippen LogP contribution in [-0.4, -0.2) is 36.5 Å². The molecule has 0 radical (unpaired) electrons. The third kappa shape index (κ3) is 2.44. The van der Waals surface area contributed by atoms with Crippen LogP contribution in [0.3, 0.4) is 0 Å². The highest BCUT2D eigenvalue weighted by molar-refractivity contribution is 5.94. The van der Waals surface area contributed by atoms with Crippen molar-refractivity contribution in [3.8, 4) is 0 Å². The summed E-state index contributed by atoms with van der Waals surface area (Å²) >= 11 is 0. The highest BCUT2D eigenvalue weighted by Gasteiger charge is 2.26. The number of nitrogens with one attached hydrogen (secondary N) is 1. The van der Waals surface area contributed by atoms with E-state index in [4.69, 9.17) is 0 Å². The number of hydrogen-bond donors (Lipinski definition) is 1. The zero-order valence-corrected chi connectivity index (χ0v) is 9.54. The van der Waals surface area contributed by atoms with Gasteiger partial charge in [-0.15, -0.1) is 0 Å². The molecule has 1 fully saturated rings. The lowest BCUT2D eigenvalue weighted by Gasteiger charge is -2.34. The van der Waals surface area contributed by atoms with E-state index in [1.807, 2.05) is 6.92 Å². The first-order valence-electron chi connectivity index (χ1n) is 5.56. The van der Waals surface area contributed by atoms with Gasteiger partial charge in [0.15, 0.2) is 0 Å². The summed E-state index contributed by atoms with van der Waals surface area (Å²) in [5.41, 5.74) is -0.196. The molecule has 0 bridgehead atoms. The van der Waals surface area contributed by atoms with Crippen molar-refractivity contribution in [1.82, 2.24) is 10.2 Å². The Morgan fingerprint density at radius 1 is 1.47 bits per heavy atom. The van der Waals surface area contributed by atoms with Crippen LogP contribution in [0.5, 0.6) is 0 Å². The minimum Gasteiger partial charge on any atom is -0.333 e. The normalized spacial score (nSPS) is 20.4. The van der Waals surface area contributed by atoms with Crippen LogP contribution in [0.2, 0.25) is 0 Å². The van der Waals surface area contributed by atoms with E-state index in [-0.39, 0.29) is 11.6 Å². The largest absolute Gasteiger partial charge is 0.333 e. The summed E-state index contributed by atoms with van der Waals surface area (Å²) in [6, 6.07) is 2.92. The quantitative estimate of drug-likeness (QED) is 0.804. The maximum atomic E-state index is 13.5. The summed E-state index contributed by atoms with van der Waals surface area (Å²) in [6.07, 6.45) is 0. The molecule has 0 aromatic heterocycles. The minimum absolute atomic E-state index is 0.0149. The average molecular weight is 240 g/mol. The van der Waals surface area contributed by atoms with Gasteiger partial charge in [0.2, 0.25) is 0 Å². The first-order valence-corrected chi connectivity index (χ1v) is 5.56. The van der Waals surface area contributed by atoms with Crippen LogP contribution in [0.25, 0.3) is 0 Å². The third-order valence-electron chi connectivity index (χ3n) is 2.92. The van der Waals surface area contributed by atoms with Crippen LogP contribution in [0.1, 0.15) is 17.3 Å². The highest BCUT2D eigenvalue weighted by atomic mass is 19.1. The van der Waals surface area contributed by atoms with E-state index in [1.54, 1.807) is 4.90 Å². The van der Waals surface area contributed by atoms with E-state index in [9.17, 15) is 13.6 Å². The maximum Gasteiger partial charge on any atom is 0.257 e. The number of carbonyl (C=O) groups excluding carboxylic acids is 1. The molecule has 0 spiro atoms. The fourth-order valence-electron chi connectivity index (χ4n) is 1.96. The molecule has 1 heterocycles. The molecule has 1 amide bonds. The molecule has 92 valence electrons. The predicted molar refractivity (Wildman–Crippen MR) is 59.7 cm³/mol. The van der Waals surface area contributed by atoms with E-state index in [0.29, 0.717) is 19.6 Å². The number of benzene rings is 1. The van der Waals surface area contributed by atoms with E-state index >= 15 is 0 Å². The van der Waals surface area contributed by atoms with Gasteiger partial charge in [-0.1, -0.05) is 0 Å². The Kier molecular flexibility index (Phi) is 3.38. The number of hydrogen-bond acceptors (Lipinski definition) is 2. The molecular weight excluding hydrogens is 226 g/mol. The van der Waals surface area contributed by atoms with Crippen LogP contribution in [-0.2, 0) is 0 Å². The van der Waals surface area contributed by atoms with Gasteiger partial charge in [0.1, 0.15) is 11.6 Å². The molecular formula is C12H14F2N2O. The molecule has 1 atom stereocenters. The Balaban J connectivity index is 2.26. The summed E-state index contributed by atoms with van der Waals surface area (Å²) < 4.78 is 26.5. The highest BCUT2D eigenvalue weighted by Crippen LogP contribution is 2.15. The number of rotatable bonds is 1. The Labute approximate surface area is 98.4 Å². The number of piperazine rings is 1. The Morgan fingerprint density at radius 2 is 2.24 bits per heavy atom. The predicted octanol–water partition coefficient (Wildman–Crippen LogP) is 1.40. The van der Waals surface area contributed by atoms with Crippen LogP contribution in [0.15, 0.2) is 18.2 Å². The monoisotopic (exact) mass is 240 g/mol. The summed E-state index contributed by atoms with van der Waals surface area (Å²) in [5.74, 6) is -1.73. The lowest BCUT2D eigenvalue weighted by Crippen LogP contribution is -2.52. The molecule has 1 aromatic carbocycles. The molecule has 1 N–H and O–H groups in total. The van der Waals surface area contributed by atoms with Gasteiger partial charge in [-0.3, -0.25) is 4.79 Å². The van der Waals surface area contributed by atoms with Crippen LogP contribution < -0.4 is 5.32 Å². The van der Waals surface area contributed by atoms with Crippen molar-refractivity contribution in [3.05, 3.63) is 35.4 Å². The van der Waals surface area contributed by atoms with Gasteiger partial charge in [-0.25, -0.2) is 8.78 Å². The van der Waals surface area contributed by atoms with Crippen LogP contribution in [0, 0.1) is 11.6 Å². The first kappa shape index (κ1) is 12.0. The summed E-state index contributed by atoms with van der Waals surface area (Å²) in [5, 5.41) is 3.14. The maximum absolute atomic E-state index is 13.5. The lowest BCUT2D eigenvalue weighted by molar-refractivity contribution is 0.0650. The van der Waals surface area contributed by atoms with Gasteiger partial charge < -0.3 is 10.2 Å². The molecule has 2 rings (SSSR count). The number of amides is 1. The fraction of sp³-hybridized carbons (Fsp3) is 0.417. The topological polar surface area (TPSA) is 32.3 Å². The SMILES string of the molecule is C[C@H]1CNCCN1C(=O)c1cc(F)ccc1F. The van der Waals surface area contributed by atoms with Crippen molar-refractivity contribution in [3.63, 3.8) is 0 Å². The number of nitrogens with zero attached hydrogens (tertiary/aromatic N) is 1. The molecule has 1 aromatic rings. The second-order valence-electron chi connectivity index (χ2n) is 4.18. The standard InChI is InChI=1S/C12H14F2N2O/c1-8-7-15-4-5-16(8)12(17)10-6-9(13)2-3-11(10)14/h2-3,6,8,15H,4-5,7H2,1H3/t8-/m0/s1. The molecule has 1 aliphatic heterocycles. The Hall–Kier alpha value is -1.49. The van der Waals surface area contributed by atoms with Crippen molar-refractivity contribution >= 4 is 5.91 Å². The second kappa shape index (κ2) is 4.79. The molecule has 5 heteroatoms. The zero-order chi connectivity index (χ0) is 12.4. The first-order chi connectivity index (χ1) is 8.09. The molecule has 0 unspecified atom stereocenters. The van der Waals surface area contributed by atoms with Crippen molar-refractivity contribution < 1.29 is 13.6 Å².